The minimum Gasteiger partial charge on any atom is -0.311 e. The Morgan fingerprint density at radius 2 is 2.17 bits per heavy atom. The van der Waals surface area contributed by atoms with Gasteiger partial charge in [-0.3, -0.25) is 0 Å². The van der Waals surface area contributed by atoms with Crippen LogP contribution in [0.5, 0.6) is 0 Å². The van der Waals surface area contributed by atoms with E-state index >= 15 is 0 Å². The lowest BCUT2D eigenvalue weighted by Gasteiger charge is -2.02. The Morgan fingerprint density at radius 1 is 1.39 bits per heavy atom. The van der Waals surface area contributed by atoms with Crippen LogP contribution in [-0.2, 0) is 6.54 Å². The fraction of sp³-hybridized carbons (Fsp3) is 0.333. The highest BCUT2D eigenvalue weighted by Gasteiger charge is 1.99. The van der Waals surface area contributed by atoms with Crippen LogP contribution in [0.4, 0.5) is 0 Å². The Morgan fingerprint density at radius 3 is 2.83 bits per heavy atom. The third kappa shape index (κ3) is 4.68. The molecule has 2 heterocycles. The van der Waals surface area contributed by atoms with Crippen molar-refractivity contribution in [2.75, 3.05) is 12.3 Å². The van der Waals surface area contributed by atoms with Gasteiger partial charge in [0.1, 0.15) is 0 Å². The van der Waals surface area contributed by atoms with E-state index in [4.69, 9.17) is 0 Å². The molecule has 0 aliphatic rings. The third-order valence-electron chi connectivity index (χ3n) is 2.19. The van der Waals surface area contributed by atoms with E-state index in [-0.39, 0.29) is 0 Å². The van der Waals surface area contributed by atoms with Crippen LogP contribution in [-0.4, -0.2) is 22.3 Å². The summed E-state index contributed by atoms with van der Waals surface area (Å²) in [6.07, 6.45) is 3.71. The lowest BCUT2D eigenvalue weighted by Crippen LogP contribution is -2.15. The molecular weight excluding hydrogens is 330 g/mol. The average molecular weight is 344 g/mol. The van der Waals surface area contributed by atoms with Crippen LogP contribution < -0.4 is 5.32 Å². The molecule has 0 fully saturated rings. The minimum atomic E-state index is 0.848. The largest absolute Gasteiger partial charge is 0.311 e. The molecule has 0 unspecified atom stereocenters. The molecule has 0 amide bonds. The maximum absolute atomic E-state index is 4.26. The molecule has 0 aliphatic carbocycles. The van der Waals surface area contributed by atoms with E-state index in [9.17, 15) is 0 Å². The number of nitrogens with one attached hydrogen (secondary N) is 1. The van der Waals surface area contributed by atoms with E-state index in [1.807, 2.05) is 19.3 Å². The smallest absolute Gasteiger partial charge is 0.187 e. The third-order valence-corrected chi connectivity index (χ3v) is 4.76. The van der Waals surface area contributed by atoms with Crippen molar-refractivity contribution in [1.82, 2.24) is 15.3 Å². The fourth-order valence-corrected chi connectivity index (χ4v) is 3.43. The first-order valence-electron chi connectivity index (χ1n) is 5.59. The summed E-state index contributed by atoms with van der Waals surface area (Å²) in [4.78, 5) is 9.86. The molecule has 0 atom stereocenters. The molecule has 1 N–H and O–H groups in total. The van der Waals surface area contributed by atoms with E-state index < -0.39 is 0 Å². The van der Waals surface area contributed by atoms with Crippen LogP contribution in [0, 0.1) is 6.92 Å². The highest BCUT2D eigenvalue weighted by Crippen LogP contribution is 2.19. The molecule has 0 saturated carbocycles. The maximum Gasteiger partial charge on any atom is 0.187 e. The van der Waals surface area contributed by atoms with E-state index in [0.717, 1.165) is 34.0 Å². The van der Waals surface area contributed by atoms with Crippen LogP contribution in [0.1, 0.15) is 10.4 Å². The number of aryl methyl sites for hydroxylation is 1. The summed E-state index contributed by atoms with van der Waals surface area (Å²) in [6, 6.07) is 2.15. The van der Waals surface area contributed by atoms with Gasteiger partial charge in [0.05, 0.1) is 0 Å². The van der Waals surface area contributed by atoms with E-state index in [1.165, 1.54) is 4.88 Å². The number of hydrogen-bond donors (Lipinski definition) is 1. The SMILES string of the molecule is Cc1cnc(SCCNCc2cc(Br)cs2)nc1. The van der Waals surface area contributed by atoms with Gasteiger partial charge in [-0.05, 0) is 34.5 Å². The van der Waals surface area contributed by atoms with Crippen molar-refractivity contribution in [3.8, 4) is 0 Å². The second kappa shape index (κ2) is 7.23. The molecule has 96 valence electrons. The van der Waals surface area contributed by atoms with Crippen LogP contribution in [0.15, 0.2) is 33.5 Å². The number of rotatable bonds is 6. The Hall–Kier alpha value is -0.430. The van der Waals surface area contributed by atoms with E-state index in [1.54, 1.807) is 23.1 Å². The van der Waals surface area contributed by atoms with Gasteiger partial charge in [-0.25, -0.2) is 9.97 Å². The van der Waals surface area contributed by atoms with Crippen molar-refractivity contribution in [3.63, 3.8) is 0 Å². The fourth-order valence-electron chi connectivity index (χ4n) is 1.33. The van der Waals surface area contributed by atoms with Crippen LogP contribution in [0.3, 0.4) is 0 Å². The van der Waals surface area contributed by atoms with Gasteiger partial charge in [0.25, 0.3) is 0 Å². The van der Waals surface area contributed by atoms with Crippen LogP contribution >= 0.6 is 39.0 Å². The molecular formula is C12H14BrN3S2. The minimum absolute atomic E-state index is 0.848. The standard InChI is InChI=1S/C12H14BrN3S2/c1-9-5-15-12(16-6-9)17-3-2-14-7-11-4-10(13)8-18-11/h4-6,8,14H,2-3,7H2,1H3. The topological polar surface area (TPSA) is 37.8 Å². The van der Waals surface area contributed by atoms with Crippen molar-refractivity contribution >= 4 is 39.0 Å². The Balaban J connectivity index is 1.63. The molecule has 0 aromatic carbocycles. The lowest BCUT2D eigenvalue weighted by atomic mass is 10.4. The number of hydrogen-bond acceptors (Lipinski definition) is 5. The molecule has 6 heteroatoms. The predicted molar refractivity (Wildman–Crippen MR) is 81.2 cm³/mol. The first kappa shape index (κ1) is 14.0. The summed E-state index contributed by atoms with van der Waals surface area (Å²) in [7, 11) is 0. The van der Waals surface area contributed by atoms with E-state index in [2.05, 4.69) is 42.7 Å². The van der Waals surface area contributed by atoms with Crippen molar-refractivity contribution in [2.24, 2.45) is 0 Å². The number of thioether (sulfide) groups is 1. The Kier molecular flexibility index (Phi) is 5.62. The van der Waals surface area contributed by atoms with Gasteiger partial charge in [-0.2, -0.15) is 0 Å². The van der Waals surface area contributed by atoms with Gasteiger partial charge >= 0.3 is 0 Å². The number of thiophene rings is 1. The van der Waals surface area contributed by atoms with Crippen LogP contribution in [0.25, 0.3) is 0 Å². The van der Waals surface area contributed by atoms with Gasteiger partial charge in [0, 0.05) is 46.0 Å². The Labute approximate surface area is 124 Å². The van der Waals surface area contributed by atoms with E-state index in [0.29, 0.717) is 0 Å². The van der Waals surface area contributed by atoms with Gasteiger partial charge in [0.15, 0.2) is 5.16 Å². The summed E-state index contributed by atoms with van der Waals surface area (Å²) >= 11 is 6.90. The summed E-state index contributed by atoms with van der Waals surface area (Å²) < 4.78 is 1.16. The van der Waals surface area contributed by atoms with Crippen molar-refractivity contribution in [2.45, 2.75) is 18.6 Å². The molecule has 18 heavy (non-hydrogen) atoms. The van der Waals surface area contributed by atoms with Crippen LogP contribution in [0.2, 0.25) is 0 Å². The average Bonchev–Trinajstić information content (AvgIpc) is 2.77. The first-order chi connectivity index (χ1) is 8.74. The monoisotopic (exact) mass is 343 g/mol. The normalized spacial score (nSPS) is 10.8. The van der Waals surface area contributed by atoms with Crippen molar-refractivity contribution < 1.29 is 0 Å². The molecule has 0 bridgehead atoms. The molecule has 0 spiro atoms. The zero-order valence-corrected chi connectivity index (χ0v) is 13.2. The first-order valence-corrected chi connectivity index (χ1v) is 8.25. The lowest BCUT2D eigenvalue weighted by molar-refractivity contribution is 0.740. The zero-order valence-electron chi connectivity index (χ0n) is 10.0. The van der Waals surface area contributed by atoms with Crippen molar-refractivity contribution in [1.29, 1.82) is 0 Å². The molecule has 2 aromatic heterocycles. The highest BCUT2D eigenvalue weighted by molar-refractivity contribution is 9.10. The molecule has 3 nitrogen and oxygen atoms in total. The van der Waals surface area contributed by atoms with Crippen molar-refractivity contribution in [3.05, 3.63) is 38.8 Å². The van der Waals surface area contributed by atoms with Gasteiger partial charge in [-0.15, -0.1) is 11.3 Å². The maximum atomic E-state index is 4.26. The molecule has 0 saturated heterocycles. The second-order valence-electron chi connectivity index (χ2n) is 3.80. The Bertz CT molecular complexity index is 484. The summed E-state index contributed by atoms with van der Waals surface area (Å²) in [6.45, 7) is 3.87. The number of halogens is 1. The molecule has 2 aromatic rings. The second-order valence-corrected chi connectivity index (χ2v) is 6.77. The molecule has 0 aliphatic heterocycles. The van der Waals surface area contributed by atoms with Gasteiger partial charge < -0.3 is 5.32 Å². The highest BCUT2D eigenvalue weighted by atomic mass is 79.9. The predicted octanol–water partition coefficient (Wildman–Crippen LogP) is 3.49. The molecule has 2 rings (SSSR count). The van der Waals surface area contributed by atoms with Gasteiger partial charge in [-0.1, -0.05) is 11.8 Å². The summed E-state index contributed by atoms with van der Waals surface area (Å²) in [5.41, 5.74) is 1.10. The number of nitrogens with zero attached hydrogens (tertiary/aromatic N) is 2. The zero-order chi connectivity index (χ0) is 12.8. The summed E-state index contributed by atoms with van der Waals surface area (Å²) in [5, 5.41) is 6.36. The van der Waals surface area contributed by atoms with Gasteiger partial charge in [0.2, 0.25) is 0 Å². The molecule has 0 radical (unpaired) electrons. The quantitative estimate of drug-likeness (QED) is 0.495. The number of aromatic nitrogens is 2. The summed E-state index contributed by atoms with van der Waals surface area (Å²) in [5.74, 6) is 0.982.